The molecule has 7 nitrogen and oxygen atoms in total. The van der Waals surface area contributed by atoms with E-state index >= 15 is 0 Å². The molecular formula is C19H20N4O3. The molecular weight excluding hydrogens is 332 g/mol. The first-order valence-corrected chi connectivity index (χ1v) is 8.28. The lowest BCUT2D eigenvalue weighted by molar-refractivity contribution is -0.141. The highest BCUT2D eigenvalue weighted by molar-refractivity contribution is 5.99. The quantitative estimate of drug-likeness (QED) is 0.517. The van der Waals surface area contributed by atoms with Gasteiger partial charge in [0.05, 0.1) is 6.42 Å². The lowest BCUT2D eigenvalue weighted by Gasteiger charge is -2.11. The van der Waals surface area contributed by atoms with Crippen molar-refractivity contribution in [3.8, 4) is 0 Å². The number of aryl methyl sites for hydroxylation is 4. The molecule has 26 heavy (non-hydrogen) atoms. The Hall–Kier alpha value is -3.09. The molecule has 2 aromatic heterocycles. The molecule has 0 atom stereocenters. The number of nitrogens with zero attached hydrogens (tertiary/aromatic N) is 4. The van der Waals surface area contributed by atoms with Crippen LogP contribution in [0.2, 0.25) is 0 Å². The van der Waals surface area contributed by atoms with Crippen molar-refractivity contribution in [2.75, 3.05) is 6.61 Å². The van der Waals surface area contributed by atoms with Crippen molar-refractivity contribution in [2.24, 2.45) is 0 Å². The Morgan fingerprint density at radius 3 is 2.69 bits per heavy atom. The topological polar surface area (TPSA) is 86.5 Å². The number of Topliss-reactive ketones (excluding diaryl/α,β-unsaturated/α-hetero) is 1. The summed E-state index contributed by atoms with van der Waals surface area (Å²) in [5.41, 5.74) is 4.64. The number of aromatic nitrogens is 4. The van der Waals surface area contributed by atoms with E-state index in [2.05, 4.69) is 15.1 Å². The second-order valence-corrected chi connectivity index (χ2v) is 6.31. The number of carbonyl (C=O) groups excluding carboxylic acids is 2. The van der Waals surface area contributed by atoms with Crippen LogP contribution in [0.25, 0.3) is 5.78 Å². The number of ketones is 1. The van der Waals surface area contributed by atoms with Crippen molar-refractivity contribution in [2.45, 2.75) is 34.1 Å². The summed E-state index contributed by atoms with van der Waals surface area (Å²) in [5.74, 6) is -0.198. The van der Waals surface area contributed by atoms with Crippen LogP contribution in [-0.2, 0) is 16.0 Å². The minimum atomic E-state index is -0.476. The number of esters is 1. The average Bonchev–Trinajstić information content (AvgIpc) is 3.07. The van der Waals surface area contributed by atoms with Crippen LogP contribution in [0.5, 0.6) is 0 Å². The second kappa shape index (κ2) is 7.03. The largest absolute Gasteiger partial charge is 0.457 e. The van der Waals surface area contributed by atoms with E-state index in [9.17, 15) is 9.59 Å². The predicted octanol–water partition coefficient (Wildman–Crippen LogP) is 2.33. The van der Waals surface area contributed by atoms with Crippen LogP contribution in [0.4, 0.5) is 0 Å². The summed E-state index contributed by atoms with van der Waals surface area (Å²) in [6, 6.07) is 5.63. The summed E-state index contributed by atoms with van der Waals surface area (Å²) in [4.78, 5) is 32.9. The average molecular weight is 352 g/mol. The third-order valence-corrected chi connectivity index (χ3v) is 4.37. The maximum absolute atomic E-state index is 12.3. The Labute approximate surface area is 151 Å². The van der Waals surface area contributed by atoms with Crippen LogP contribution in [0.15, 0.2) is 24.5 Å². The second-order valence-electron chi connectivity index (χ2n) is 6.31. The number of carbonyl (C=O) groups is 2. The molecule has 0 amide bonds. The minimum Gasteiger partial charge on any atom is -0.457 e. The molecule has 0 aliphatic rings. The fourth-order valence-corrected chi connectivity index (χ4v) is 2.87. The Morgan fingerprint density at radius 2 is 1.92 bits per heavy atom. The zero-order valence-corrected chi connectivity index (χ0v) is 15.2. The van der Waals surface area contributed by atoms with Crippen molar-refractivity contribution >= 4 is 17.5 Å². The first-order chi connectivity index (χ1) is 12.4. The van der Waals surface area contributed by atoms with E-state index in [0.29, 0.717) is 17.0 Å². The molecule has 0 spiro atoms. The van der Waals surface area contributed by atoms with Crippen molar-refractivity contribution in [1.29, 1.82) is 0 Å². The first kappa shape index (κ1) is 17.7. The Balaban J connectivity index is 1.70. The predicted molar refractivity (Wildman–Crippen MR) is 95.2 cm³/mol. The first-order valence-electron chi connectivity index (χ1n) is 8.28. The van der Waals surface area contributed by atoms with Crippen molar-refractivity contribution < 1.29 is 14.3 Å². The van der Waals surface area contributed by atoms with Crippen LogP contribution in [0.3, 0.4) is 0 Å². The number of hydrogen-bond donors (Lipinski definition) is 0. The van der Waals surface area contributed by atoms with Gasteiger partial charge in [-0.3, -0.25) is 9.59 Å². The van der Waals surface area contributed by atoms with Gasteiger partial charge in [-0.1, -0.05) is 17.7 Å². The van der Waals surface area contributed by atoms with Gasteiger partial charge in [0.15, 0.2) is 6.61 Å². The van der Waals surface area contributed by atoms with Gasteiger partial charge in [0.2, 0.25) is 5.78 Å². The molecule has 0 aliphatic carbocycles. The van der Waals surface area contributed by atoms with Crippen molar-refractivity contribution in [3.63, 3.8) is 0 Å². The van der Waals surface area contributed by atoms with Crippen LogP contribution >= 0.6 is 0 Å². The summed E-state index contributed by atoms with van der Waals surface area (Å²) in [7, 11) is 0. The number of benzene rings is 1. The van der Waals surface area contributed by atoms with Crippen LogP contribution in [-0.4, -0.2) is 37.9 Å². The molecule has 0 aliphatic heterocycles. The Kier molecular flexibility index (Phi) is 4.79. The van der Waals surface area contributed by atoms with Crippen LogP contribution in [0.1, 0.15) is 38.4 Å². The summed E-state index contributed by atoms with van der Waals surface area (Å²) in [6.45, 7) is 7.16. The molecule has 7 heteroatoms. The van der Waals surface area contributed by atoms with Gasteiger partial charge in [-0.25, -0.2) is 9.50 Å². The summed E-state index contributed by atoms with van der Waals surface area (Å²) in [6.07, 6.45) is 1.44. The third-order valence-electron chi connectivity index (χ3n) is 4.37. The van der Waals surface area contributed by atoms with Gasteiger partial charge in [-0.2, -0.15) is 10.1 Å². The fourth-order valence-electron chi connectivity index (χ4n) is 2.87. The molecule has 0 saturated heterocycles. The smallest absolute Gasteiger partial charge is 0.310 e. The van der Waals surface area contributed by atoms with E-state index in [1.165, 1.54) is 6.33 Å². The number of ether oxygens (including phenoxy) is 1. The molecule has 0 radical (unpaired) electrons. The van der Waals surface area contributed by atoms with E-state index in [1.807, 2.05) is 45.9 Å². The fraction of sp³-hybridized carbons (Fsp3) is 0.316. The molecule has 0 unspecified atom stereocenters. The SMILES string of the molecule is Cc1ccc(C)c(C(=O)COC(=O)Cc2c(C)nc3ncnn3c2C)c1. The van der Waals surface area contributed by atoms with E-state index in [4.69, 9.17) is 4.74 Å². The van der Waals surface area contributed by atoms with Gasteiger partial charge in [-0.05, 0) is 39.3 Å². The van der Waals surface area contributed by atoms with Gasteiger partial charge in [0.1, 0.15) is 6.33 Å². The molecule has 134 valence electrons. The molecule has 1 aromatic carbocycles. The standard InChI is InChI=1S/C19H20N4O3/c1-11-5-6-12(2)15(7-11)17(24)9-26-18(25)8-16-13(3)22-19-20-10-21-23(19)14(16)4/h5-7,10H,8-9H2,1-4H3. The third kappa shape index (κ3) is 3.46. The maximum Gasteiger partial charge on any atom is 0.310 e. The number of rotatable bonds is 5. The van der Waals surface area contributed by atoms with Crippen molar-refractivity contribution in [1.82, 2.24) is 19.6 Å². The molecule has 0 fully saturated rings. The lowest BCUT2D eigenvalue weighted by atomic mass is 10.0. The normalized spacial score (nSPS) is 10.9. The van der Waals surface area contributed by atoms with E-state index in [0.717, 1.165) is 22.4 Å². The number of fused-ring (bicyclic) bond motifs is 1. The Morgan fingerprint density at radius 1 is 1.15 bits per heavy atom. The van der Waals surface area contributed by atoms with Crippen LogP contribution < -0.4 is 0 Å². The minimum absolute atomic E-state index is 0.0283. The highest BCUT2D eigenvalue weighted by Gasteiger charge is 2.17. The van der Waals surface area contributed by atoms with Gasteiger partial charge in [0.25, 0.3) is 5.78 Å². The summed E-state index contributed by atoms with van der Waals surface area (Å²) in [5, 5.41) is 4.10. The maximum atomic E-state index is 12.3. The lowest BCUT2D eigenvalue weighted by Crippen LogP contribution is -2.18. The Bertz CT molecular complexity index is 1010. The monoisotopic (exact) mass is 352 g/mol. The van der Waals surface area contributed by atoms with E-state index < -0.39 is 5.97 Å². The molecule has 0 N–H and O–H groups in total. The van der Waals surface area contributed by atoms with E-state index in [1.54, 1.807) is 4.52 Å². The summed E-state index contributed by atoms with van der Waals surface area (Å²) < 4.78 is 6.78. The molecule has 2 heterocycles. The van der Waals surface area contributed by atoms with Crippen LogP contribution in [0, 0.1) is 27.7 Å². The van der Waals surface area contributed by atoms with Gasteiger partial charge < -0.3 is 4.74 Å². The zero-order chi connectivity index (χ0) is 18.8. The zero-order valence-electron chi connectivity index (χ0n) is 15.2. The van der Waals surface area contributed by atoms with E-state index in [-0.39, 0.29) is 18.8 Å². The van der Waals surface area contributed by atoms with Crippen molar-refractivity contribution in [3.05, 3.63) is 58.2 Å². The molecule has 3 aromatic rings. The molecule has 3 rings (SSSR count). The molecule has 0 bridgehead atoms. The highest BCUT2D eigenvalue weighted by atomic mass is 16.5. The van der Waals surface area contributed by atoms with Gasteiger partial charge >= 0.3 is 5.97 Å². The molecule has 0 saturated carbocycles. The van der Waals surface area contributed by atoms with Gasteiger partial charge in [0, 0.05) is 22.5 Å². The van der Waals surface area contributed by atoms with Gasteiger partial charge in [-0.15, -0.1) is 0 Å². The summed E-state index contributed by atoms with van der Waals surface area (Å²) >= 11 is 0. The highest BCUT2D eigenvalue weighted by Crippen LogP contribution is 2.15. The number of hydrogen-bond acceptors (Lipinski definition) is 6.